The fourth-order valence-corrected chi connectivity index (χ4v) is 0.250. The molecule has 0 heterocycles. The Morgan fingerprint density at radius 2 is 1.50 bits per heavy atom. The second-order valence-electron chi connectivity index (χ2n) is 0.575. The molecule has 0 fully saturated rings. The fraction of sp³-hybridized carbons (Fsp3) is 0. The van der Waals surface area contributed by atoms with Gasteiger partial charge < -0.3 is 0 Å². The molecule has 0 saturated heterocycles. The average molecular weight is 123 g/mol. The van der Waals surface area contributed by atoms with Gasteiger partial charge in [0, 0.05) is 0 Å². The van der Waals surface area contributed by atoms with E-state index in [4.69, 9.17) is 0 Å². The van der Waals surface area contributed by atoms with Crippen LogP contribution in [0.1, 0.15) is 0 Å². The van der Waals surface area contributed by atoms with Crippen molar-refractivity contribution in [3.05, 3.63) is 24.8 Å². The van der Waals surface area contributed by atoms with Gasteiger partial charge in [0.1, 0.15) is 0 Å². The third kappa shape index (κ3) is 8.89. The highest BCUT2D eigenvalue weighted by Gasteiger charge is 1.51. The molecule has 0 nitrogen and oxygen atoms in total. The van der Waals surface area contributed by atoms with E-state index < -0.39 is 0 Å². The van der Waals surface area contributed by atoms with Crippen molar-refractivity contribution in [3.8, 4) is 0 Å². The number of hydrogen-bond donors (Lipinski definition) is 0. The summed E-state index contributed by atoms with van der Waals surface area (Å²) in [7, 11) is 0.725. The Hall–Kier alpha value is 0.200. The Morgan fingerprint density at radius 1 is 1.17 bits per heavy atom. The van der Waals surface area contributed by atoms with Crippen LogP contribution in [0.3, 0.4) is 0 Å². The molecule has 0 N–H and O–H groups in total. The first-order valence-corrected chi connectivity index (χ1v) is 2.55. The second kappa shape index (κ2) is 8.96. The summed E-state index contributed by atoms with van der Waals surface area (Å²) in [5.41, 5.74) is 0. The normalized spacial score (nSPS) is 5.33. The molecule has 0 radical (unpaired) electrons. The van der Waals surface area contributed by atoms with Gasteiger partial charge in [0.2, 0.25) is 0 Å². The number of halogens is 1. The van der Waals surface area contributed by atoms with Crippen LogP contribution >= 0.6 is 21.0 Å². The molecule has 0 atom stereocenters. The van der Waals surface area contributed by atoms with Crippen molar-refractivity contribution in [2.45, 2.75) is 0 Å². The van der Waals surface area contributed by atoms with Crippen LogP contribution in [-0.4, -0.2) is 0 Å². The summed E-state index contributed by atoms with van der Waals surface area (Å²) >= 11 is 0. The summed E-state index contributed by atoms with van der Waals surface area (Å²) in [5.74, 6) is 3.68. The second-order valence-corrected chi connectivity index (χ2v) is 1.72. The van der Waals surface area contributed by atoms with Crippen LogP contribution in [0.2, 0.25) is 0 Å². The van der Waals surface area contributed by atoms with Crippen molar-refractivity contribution in [2.24, 2.45) is 0 Å². The van der Waals surface area contributed by atoms with E-state index in [1.54, 1.807) is 0 Å². The first-order valence-electron chi connectivity index (χ1n) is 1.39. The summed E-state index contributed by atoms with van der Waals surface area (Å²) in [6.45, 7) is 6.98. The highest BCUT2D eigenvalue weighted by molar-refractivity contribution is 7.45. The molecule has 0 amide bonds. The Balaban J connectivity index is 0. The molecule has 0 aromatic carbocycles. The fourth-order valence-electron chi connectivity index (χ4n) is 0.0833. The summed E-state index contributed by atoms with van der Waals surface area (Å²) in [6.07, 6.45) is 0. The van der Waals surface area contributed by atoms with E-state index in [0.29, 0.717) is 0 Å². The molecule has 0 aliphatic carbocycles. The van der Waals surface area contributed by atoms with Gasteiger partial charge in [0.15, 0.2) is 0 Å². The monoisotopic (exact) mass is 122 g/mol. The molecule has 0 aromatic rings. The van der Waals surface area contributed by atoms with Gasteiger partial charge in [-0.05, 0) is 0 Å². The summed E-state index contributed by atoms with van der Waals surface area (Å²) < 4.78 is 0. The molecule has 0 spiro atoms. The zero-order chi connectivity index (χ0) is 4.12. The molecular formula is C4H8ClP. The van der Waals surface area contributed by atoms with E-state index in [1.165, 1.54) is 0 Å². The summed E-state index contributed by atoms with van der Waals surface area (Å²) in [6, 6.07) is 0. The topological polar surface area (TPSA) is 0 Å². The van der Waals surface area contributed by atoms with Gasteiger partial charge in [-0.3, -0.25) is 0 Å². The zero-order valence-electron chi connectivity index (χ0n) is 3.48. The van der Waals surface area contributed by atoms with E-state index in [0.717, 1.165) is 8.58 Å². The molecule has 0 aliphatic rings. The lowest BCUT2D eigenvalue weighted by Crippen LogP contribution is -1.19. The molecule has 0 bridgehead atoms. The number of rotatable bonds is 2. The smallest absolute Gasteiger partial charge is 0.0666 e. The third-order valence-electron chi connectivity index (χ3n) is 0.236. The molecule has 0 rings (SSSR count). The van der Waals surface area contributed by atoms with Crippen LogP contribution in [0.4, 0.5) is 0 Å². The van der Waals surface area contributed by atoms with Crippen LogP contribution in [0, 0.1) is 0 Å². The zero-order valence-corrected chi connectivity index (χ0v) is 5.29. The van der Waals surface area contributed by atoms with Gasteiger partial charge >= 0.3 is 0 Å². The quantitative estimate of drug-likeness (QED) is 0.494. The molecule has 6 heavy (non-hydrogen) atoms. The molecule has 36 valence electrons. The van der Waals surface area contributed by atoms with E-state index in [9.17, 15) is 0 Å². The van der Waals surface area contributed by atoms with Gasteiger partial charge in [-0.25, -0.2) is 0 Å². The Kier molecular flexibility index (Phi) is 14.2. The van der Waals surface area contributed by atoms with Crippen molar-refractivity contribution >= 4 is 21.0 Å². The Labute approximate surface area is 46.5 Å². The molecule has 0 aromatic heterocycles. The highest BCUT2D eigenvalue weighted by atomic mass is 35.5. The predicted molar refractivity (Wildman–Crippen MR) is 36.0 cm³/mol. The van der Waals surface area contributed by atoms with Gasteiger partial charge in [-0.15, -0.1) is 12.4 Å². The van der Waals surface area contributed by atoms with Gasteiger partial charge in [-0.2, -0.15) is 0 Å². The Morgan fingerprint density at radius 3 is 1.50 bits per heavy atom. The molecule has 0 aliphatic heterocycles. The lowest BCUT2D eigenvalue weighted by molar-refractivity contribution is 2.54. The van der Waals surface area contributed by atoms with Gasteiger partial charge in [0.05, 0.1) is 0 Å². The predicted octanol–water partition coefficient (Wildman–Crippen LogP) is 2.37. The van der Waals surface area contributed by atoms with Gasteiger partial charge in [-0.1, -0.05) is 33.4 Å². The van der Waals surface area contributed by atoms with Crippen LogP contribution in [0.25, 0.3) is 0 Å². The van der Waals surface area contributed by atoms with Gasteiger partial charge in [0.25, 0.3) is 0 Å². The maximum Gasteiger partial charge on any atom is -0.0666 e. The van der Waals surface area contributed by atoms with Crippen molar-refractivity contribution in [1.82, 2.24) is 0 Å². The van der Waals surface area contributed by atoms with Crippen molar-refractivity contribution in [3.63, 3.8) is 0 Å². The van der Waals surface area contributed by atoms with Crippen LogP contribution in [0.15, 0.2) is 24.8 Å². The average Bonchev–Trinajstić information content (AvgIpc) is 1.41. The molecule has 0 saturated carbocycles. The SMILES string of the molecule is C=CPC=C.Cl. The largest absolute Gasteiger partial charge is 0.147 e. The molecule has 2 heteroatoms. The highest BCUT2D eigenvalue weighted by Crippen LogP contribution is 2.07. The van der Waals surface area contributed by atoms with Crippen molar-refractivity contribution in [2.75, 3.05) is 0 Å². The molecular weight excluding hydrogens is 114 g/mol. The van der Waals surface area contributed by atoms with Crippen LogP contribution in [-0.2, 0) is 0 Å². The minimum Gasteiger partial charge on any atom is -0.147 e. The minimum atomic E-state index is 0. The van der Waals surface area contributed by atoms with E-state index in [2.05, 4.69) is 13.2 Å². The lowest BCUT2D eigenvalue weighted by Gasteiger charge is -1.65. The standard InChI is InChI=1S/C4H7P.ClH/c1-3-5-4-2;/h3-5H,1-2H2;1H. The van der Waals surface area contributed by atoms with Crippen molar-refractivity contribution in [1.29, 1.82) is 0 Å². The van der Waals surface area contributed by atoms with Crippen LogP contribution < -0.4 is 0 Å². The first kappa shape index (κ1) is 9.50. The van der Waals surface area contributed by atoms with E-state index in [-0.39, 0.29) is 12.4 Å². The summed E-state index contributed by atoms with van der Waals surface area (Å²) in [4.78, 5) is 0. The first-order chi connectivity index (χ1) is 2.41. The maximum atomic E-state index is 3.49. The molecule has 0 unspecified atom stereocenters. The van der Waals surface area contributed by atoms with E-state index >= 15 is 0 Å². The Bertz CT molecular complexity index is 36.8. The lowest BCUT2D eigenvalue weighted by atomic mass is 11.3. The maximum absolute atomic E-state index is 3.49. The number of hydrogen-bond acceptors (Lipinski definition) is 0. The van der Waals surface area contributed by atoms with Crippen molar-refractivity contribution < 1.29 is 0 Å². The van der Waals surface area contributed by atoms with Crippen LogP contribution in [0.5, 0.6) is 0 Å². The van der Waals surface area contributed by atoms with E-state index in [1.807, 2.05) is 11.6 Å². The minimum absolute atomic E-state index is 0. The third-order valence-corrected chi connectivity index (χ3v) is 0.707. The summed E-state index contributed by atoms with van der Waals surface area (Å²) in [5, 5.41) is 0.